The number of hydrogen-bond donors (Lipinski definition) is 1. The van der Waals surface area contributed by atoms with Crippen LogP contribution in [0.25, 0.3) is 11.3 Å². The molecular weight excluding hydrogens is 360 g/mol. The predicted octanol–water partition coefficient (Wildman–Crippen LogP) is 3.00. The van der Waals surface area contributed by atoms with E-state index in [1.807, 2.05) is 41.9 Å². The van der Waals surface area contributed by atoms with Crippen LogP contribution in [0.3, 0.4) is 0 Å². The average Bonchev–Trinajstić information content (AvgIpc) is 3.14. The van der Waals surface area contributed by atoms with Gasteiger partial charge >= 0.3 is 5.97 Å². The lowest BCUT2D eigenvalue weighted by Crippen LogP contribution is -2.31. The van der Waals surface area contributed by atoms with Crippen molar-refractivity contribution < 1.29 is 14.7 Å². The van der Waals surface area contributed by atoms with E-state index in [1.165, 1.54) is 0 Å². The number of rotatable bonds is 3. The maximum absolute atomic E-state index is 12.7. The van der Waals surface area contributed by atoms with Gasteiger partial charge in [0.15, 0.2) is 0 Å². The standard InChI is InChI=1S/C17H17BrN2O3/c1-19-14(12-4-2-3-5-13(12)18)6-7-15(19)16(21)20-9-8-11(10-20)17(22)23/h2-7,11H,8-10H2,1H3,(H,22,23)/t11-/m0/s1. The summed E-state index contributed by atoms with van der Waals surface area (Å²) in [6.45, 7) is 0.773. The molecule has 2 heterocycles. The first kappa shape index (κ1) is 15.8. The van der Waals surface area contributed by atoms with Gasteiger partial charge in [-0.15, -0.1) is 0 Å². The number of nitrogens with zero attached hydrogens (tertiary/aromatic N) is 2. The third-order valence-corrected chi connectivity index (χ3v) is 5.01. The minimum atomic E-state index is -0.832. The molecule has 120 valence electrons. The lowest BCUT2D eigenvalue weighted by Gasteiger charge is -2.17. The Balaban J connectivity index is 1.87. The number of halogens is 1. The Morgan fingerprint density at radius 1 is 1.22 bits per heavy atom. The van der Waals surface area contributed by atoms with Gasteiger partial charge in [0, 0.05) is 35.9 Å². The zero-order valence-electron chi connectivity index (χ0n) is 12.7. The molecule has 23 heavy (non-hydrogen) atoms. The smallest absolute Gasteiger partial charge is 0.308 e. The number of carbonyl (C=O) groups is 2. The first-order chi connectivity index (χ1) is 11.0. The summed E-state index contributed by atoms with van der Waals surface area (Å²) in [7, 11) is 1.85. The zero-order chi connectivity index (χ0) is 16.6. The average molecular weight is 377 g/mol. The number of carboxylic acids is 1. The Kier molecular flexibility index (Phi) is 4.26. The molecule has 1 aromatic heterocycles. The fourth-order valence-corrected chi connectivity index (χ4v) is 3.46. The number of amides is 1. The lowest BCUT2D eigenvalue weighted by molar-refractivity contribution is -0.141. The van der Waals surface area contributed by atoms with E-state index in [1.54, 1.807) is 11.0 Å². The number of carboxylic acid groups (broad SMARTS) is 1. The van der Waals surface area contributed by atoms with Crippen molar-refractivity contribution in [2.24, 2.45) is 13.0 Å². The molecule has 0 bridgehead atoms. The van der Waals surface area contributed by atoms with Gasteiger partial charge in [0.25, 0.3) is 5.91 Å². The SMILES string of the molecule is Cn1c(C(=O)N2CC[C@H](C(=O)O)C2)ccc1-c1ccccc1Br. The van der Waals surface area contributed by atoms with Crippen LogP contribution in [0.4, 0.5) is 0 Å². The van der Waals surface area contributed by atoms with Gasteiger partial charge in [-0.05, 0) is 24.6 Å². The van der Waals surface area contributed by atoms with E-state index in [0.717, 1.165) is 15.7 Å². The Morgan fingerprint density at radius 2 is 1.96 bits per heavy atom. The van der Waals surface area contributed by atoms with Crippen molar-refractivity contribution in [2.75, 3.05) is 13.1 Å². The van der Waals surface area contributed by atoms with Crippen LogP contribution in [-0.4, -0.2) is 39.5 Å². The van der Waals surface area contributed by atoms with Crippen LogP contribution in [0.2, 0.25) is 0 Å². The van der Waals surface area contributed by atoms with Gasteiger partial charge in [0.2, 0.25) is 0 Å². The van der Waals surface area contributed by atoms with Crippen LogP contribution >= 0.6 is 15.9 Å². The molecule has 1 aromatic carbocycles. The third kappa shape index (κ3) is 2.91. The molecule has 2 aromatic rings. The van der Waals surface area contributed by atoms with Crippen LogP contribution in [-0.2, 0) is 11.8 Å². The largest absolute Gasteiger partial charge is 0.481 e. The molecule has 5 nitrogen and oxygen atoms in total. The van der Waals surface area contributed by atoms with Gasteiger partial charge in [-0.1, -0.05) is 34.1 Å². The van der Waals surface area contributed by atoms with Gasteiger partial charge in [-0.2, -0.15) is 0 Å². The highest BCUT2D eigenvalue weighted by Crippen LogP contribution is 2.30. The van der Waals surface area contributed by atoms with Gasteiger partial charge in [-0.25, -0.2) is 0 Å². The van der Waals surface area contributed by atoms with E-state index < -0.39 is 11.9 Å². The molecule has 1 aliphatic heterocycles. The monoisotopic (exact) mass is 376 g/mol. The van der Waals surface area contributed by atoms with Crippen molar-refractivity contribution in [3.8, 4) is 11.3 Å². The van der Waals surface area contributed by atoms with E-state index in [0.29, 0.717) is 18.7 Å². The van der Waals surface area contributed by atoms with Crippen molar-refractivity contribution in [3.63, 3.8) is 0 Å². The summed E-state index contributed by atoms with van der Waals surface area (Å²) in [6, 6.07) is 11.6. The second-order valence-electron chi connectivity index (χ2n) is 5.72. The van der Waals surface area contributed by atoms with Crippen LogP contribution < -0.4 is 0 Å². The van der Waals surface area contributed by atoms with Gasteiger partial charge in [-0.3, -0.25) is 9.59 Å². The van der Waals surface area contributed by atoms with Crippen LogP contribution in [0.1, 0.15) is 16.9 Å². The fourth-order valence-electron chi connectivity index (χ4n) is 2.97. The van der Waals surface area contributed by atoms with Gasteiger partial charge in [0.05, 0.1) is 5.92 Å². The maximum atomic E-state index is 12.7. The summed E-state index contributed by atoms with van der Waals surface area (Å²) < 4.78 is 2.82. The highest BCUT2D eigenvalue weighted by atomic mass is 79.9. The van der Waals surface area contributed by atoms with E-state index in [9.17, 15) is 9.59 Å². The highest BCUT2D eigenvalue weighted by Gasteiger charge is 2.32. The van der Waals surface area contributed by atoms with Crippen LogP contribution in [0.15, 0.2) is 40.9 Å². The van der Waals surface area contributed by atoms with E-state index in [2.05, 4.69) is 15.9 Å². The predicted molar refractivity (Wildman–Crippen MR) is 90.2 cm³/mol. The first-order valence-electron chi connectivity index (χ1n) is 7.41. The molecule has 0 radical (unpaired) electrons. The molecule has 0 saturated carbocycles. The van der Waals surface area contributed by atoms with Crippen molar-refractivity contribution in [1.29, 1.82) is 0 Å². The van der Waals surface area contributed by atoms with Crippen molar-refractivity contribution >= 4 is 27.8 Å². The molecule has 1 amide bonds. The second kappa shape index (κ2) is 6.20. The van der Waals surface area contributed by atoms with Gasteiger partial charge in [0.1, 0.15) is 5.69 Å². The second-order valence-corrected chi connectivity index (χ2v) is 6.57. The van der Waals surface area contributed by atoms with E-state index >= 15 is 0 Å². The molecule has 1 fully saturated rings. The number of benzene rings is 1. The summed E-state index contributed by atoms with van der Waals surface area (Å²) in [6.07, 6.45) is 0.516. The molecule has 1 atom stereocenters. The first-order valence-corrected chi connectivity index (χ1v) is 8.21. The Bertz CT molecular complexity index is 769. The maximum Gasteiger partial charge on any atom is 0.308 e. The molecule has 1 aliphatic rings. The topological polar surface area (TPSA) is 62.5 Å². The van der Waals surface area contributed by atoms with Crippen molar-refractivity contribution in [1.82, 2.24) is 9.47 Å². The molecule has 0 spiro atoms. The normalized spacial score (nSPS) is 17.5. The van der Waals surface area contributed by atoms with E-state index in [4.69, 9.17) is 5.11 Å². The minimum absolute atomic E-state index is 0.116. The van der Waals surface area contributed by atoms with Crippen LogP contribution in [0, 0.1) is 5.92 Å². The molecule has 6 heteroatoms. The van der Waals surface area contributed by atoms with Crippen molar-refractivity contribution in [3.05, 3.63) is 46.6 Å². The molecule has 1 saturated heterocycles. The summed E-state index contributed by atoms with van der Waals surface area (Å²) in [5.41, 5.74) is 2.52. The highest BCUT2D eigenvalue weighted by molar-refractivity contribution is 9.10. The molecule has 0 aliphatic carbocycles. The molecule has 0 unspecified atom stereocenters. The number of hydrogen-bond acceptors (Lipinski definition) is 2. The van der Waals surface area contributed by atoms with Crippen LogP contribution in [0.5, 0.6) is 0 Å². The quantitative estimate of drug-likeness (QED) is 0.895. The fraction of sp³-hybridized carbons (Fsp3) is 0.294. The number of aromatic nitrogens is 1. The molecular formula is C17H17BrN2O3. The minimum Gasteiger partial charge on any atom is -0.481 e. The Hall–Kier alpha value is -2.08. The third-order valence-electron chi connectivity index (χ3n) is 4.32. The zero-order valence-corrected chi connectivity index (χ0v) is 14.3. The number of carbonyl (C=O) groups excluding carboxylic acids is 1. The lowest BCUT2D eigenvalue weighted by atomic mass is 10.1. The van der Waals surface area contributed by atoms with E-state index in [-0.39, 0.29) is 12.5 Å². The molecule has 1 N–H and O–H groups in total. The summed E-state index contributed by atoms with van der Waals surface area (Å²) >= 11 is 3.53. The van der Waals surface area contributed by atoms with Crippen molar-refractivity contribution in [2.45, 2.75) is 6.42 Å². The number of likely N-dealkylation sites (tertiary alicyclic amines) is 1. The summed E-state index contributed by atoms with van der Waals surface area (Å²) in [5, 5.41) is 9.07. The summed E-state index contributed by atoms with van der Waals surface area (Å²) in [5.74, 6) is -1.41. The summed E-state index contributed by atoms with van der Waals surface area (Å²) in [4.78, 5) is 25.3. The molecule has 3 rings (SSSR count). The van der Waals surface area contributed by atoms with Gasteiger partial charge < -0.3 is 14.6 Å². The number of aliphatic carboxylic acids is 1. The Labute approximate surface area is 142 Å². The Morgan fingerprint density at radius 3 is 2.61 bits per heavy atom.